The van der Waals surface area contributed by atoms with Crippen molar-refractivity contribution in [3.8, 4) is 5.75 Å². The molecular formula is C17H20BrN2O2+. The molecule has 0 aliphatic rings. The molecule has 0 aliphatic heterocycles. The number of anilines is 1. The lowest BCUT2D eigenvalue weighted by molar-refractivity contribution is -0.885. The summed E-state index contributed by atoms with van der Waals surface area (Å²) >= 11 is 3.47. The molecule has 2 rings (SSSR count). The van der Waals surface area contributed by atoms with E-state index in [4.69, 9.17) is 4.74 Å². The van der Waals surface area contributed by atoms with Crippen LogP contribution in [0.2, 0.25) is 0 Å². The summed E-state index contributed by atoms with van der Waals surface area (Å²) in [7, 11) is 3.65. The Kier molecular flexibility index (Phi) is 5.98. The van der Waals surface area contributed by atoms with Crippen LogP contribution in [0.1, 0.15) is 5.56 Å². The first kappa shape index (κ1) is 16.5. The molecule has 2 N–H and O–H groups in total. The van der Waals surface area contributed by atoms with Crippen molar-refractivity contribution in [3.05, 3.63) is 58.6 Å². The van der Waals surface area contributed by atoms with Crippen LogP contribution in [0.15, 0.2) is 53.0 Å². The Bertz CT molecular complexity index is 632. The number of benzene rings is 2. The van der Waals surface area contributed by atoms with E-state index in [0.29, 0.717) is 13.1 Å². The van der Waals surface area contributed by atoms with Gasteiger partial charge in [0.1, 0.15) is 12.3 Å². The van der Waals surface area contributed by atoms with Crippen molar-refractivity contribution < 1.29 is 14.4 Å². The number of quaternary nitrogens is 1. The lowest BCUT2D eigenvalue weighted by Crippen LogP contribution is -3.08. The molecule has 5 heteroatoms. The van der Waals surface area contributed by atoms with E-state index in [2.05, 4.69) is 21.2 Å². The Morgan fingerprint density at radius 2 is 1.95 bits per heavy atom. The first-order valence-electron chi connectivity index (χ1n) is 7.07. The molecule has 0 aromatic heterocycles. The molecule has 0 saturated carbocycles. The predicted molar refractivity (Wildman–Crippen MR) is 91.2 cm³/mol. The number of hydrogen-bond acceptors (Lipinski definition) is 2. The standard InChI is InChI=1S/C17H19BrN2O2/c1-20(11-13-10-14(18)8-9-16(13)22-2)12-17(21)19-15-6-4-3-5-7-15/h3-10H,11-12H2,1-2H3,(H,19,21)/p+1. The zero-order valence-electron chi connectivity index (χ0n) is 12.7. The average molecular weight is 364 g/mol. The fraction of sp³-hybridized carbons (Fsp3) is 0.235. The molecule has 0 bridgehead atoms. The van der Waals surface area contributed by atoms with Crippen molar-refractivity contribution in [2.75, 3.05) is 26.0 Å². The van der Waals surface area contributed by atoms with Crippen LogP contribution >= 0.6 is 15.9 Å². The molecular weight excluding hydrogens is 344 g/mol. The minimum absolute atomic E-state index is 0.00216. The number of para-hydroxylation sites is 1. The molecule has 22 heavy (non-hydrogen) atoms. The van der Waals surface area contributed by atoms with Crippen LogP contribution in [-0.2, 0) is 11.3 Å². The lowest BCUT2D eigenvalue weighted by Gasteiger charge is -2.16. The van der Waals surface area contributed by atoms with Crippen molar-refractivity contribution in [3.63, 3.8) is 0 Å². The van der Waals surface area contributed by atoms with Gasteiger partial charge in [0.2, 0.25) is 0 Å². The van der Waals surface area contributed by atoms with Crippen molar-refractivity contribution in [2.45, 2.75) is 6.54 Å². The van der Waals surface area contributed by atoms with Crippen LogP contribution < -0.4 is 15.0 Å². The summed E-state index contributed by atoms with van der Waals surface area (Å²) in [5.74, 6) is 0.837. The molecule has 2 aromatic carbocycles. The molecule has 0 aliphatic carbocycles. The average Bonchev–Trinajstić information content (AvgIpc) is 2.48. The van der Waals surface area contributed by atoms with Crippen LogP contribution in [0.25, 0.3) is 0 Å². The SMILES string of the molecule is COc1ccc(Br)cc1C[NH+](C)CC(=O)Nc1ccccc1. The highest BCUT2D eigenvalue weighted by molar-refractivity contribution is 9.10. The Morgan fingerprint density at radius 3 is 2.64 bits per heavy atom. The van der Waals surface area contributed by atoms with Crippen LogP contribution in [0.3, 0.4) is 0 Å². The summed E-state index contributed by atoms with van der Waals surface area (Å²) in [6.45, 7) is 1.11. The summed E-state index contributed by atoms with van der Waals surface area (Å²) in [6, 6.07) is 15.4. The van der Waals surface area contributed by atoms with Gasteiger partial charge in [-0.3, -0.25) is 4.79 Å². The first-order valence-corrected chi connectivity index (χ1v) is 7.86. The number of amides is 1. The lowest BCUT2D eigenvalue weighted by atomic mass is 10.2. The number of methoxy groups -OCH3 is 1. The van der Waals surface area contributed by atoms with Crippen LogP contribution in [0.5, 0.6) is 5.75 Å². The minimum atomic E-state index is -0.00216. The number of hydrogen-bond donors (Lipinski definition) is 2. The van der Waals surface area contributed by atoms with Gasteiger partial charge >= 0.3 is 0 Å². The molecule has 0 fully saturated rings. The number of halogens is 1. The predicted octanol–water partition coefficient (Wildman–Crippen LogP) is 2.11. The Morgan fingerprint density at radius 1 is 1.23 bits per heavy atom. The van der Waals surface area contributed by atoms with Crippen LogP contribution in [0, 0.1) is 0 Å². The second-order valence-corrected chi connectivity index (χ2v) is 6.10. The molecule has 1 unspecified atom stereocenters. The van der Waals surface area contributed by atoms with Crippen molar-refractivity contribution in [1.29, 1.82) is 0 Å². The molecule has 116 valence electrons. The van der Waals surface area contributed by atoms with E-state index in [1.165, 1.54) is 0 Å². The second-order valence-electron chi connectivity index (χ2n) is 5.18. The third kappa shape index (κ3) is 4.86. The Labute approximate surface area is 139 Å². The van der Waals surface area contributed by atoms with Crippen LogP contribution in [-0.4, -0.2) is 26.6 Å². The second kappa shape index (κ2) is 7.96. The van der Waals surface area contributed by atoms with Gasteiger partial charge in [-0.05, 0) is 30.3 Å². The van der Waals surface area contributed by atoms with E-state index in [0.717, 1.165) is 26.4 Å². The van der Waals surface area contributed by atoms with Crippen molar-refractivity contribution in [1.82, 2.24) is 0 Å². The third-order valence-electron chi connectivity index (χ3n) is 3.25. The summed E-state index contributed by atoms with van der Waals surface area (Å²) in [5.41, 5.74) is 1.89. The highest BCUT2D eigenvalue weighted by Crippen LogP contribution is 2.22. The van der Waals surface area contributed by atoms with E-state index in [1.54, 1.807) is 7.11 Å². The summed E-state index contributed by atoms with van der Waals surface area (Å²) in [4.78, 5) is 13.1. The van der Waals surface area contributed by atoms with E-state index < -0.39 is 0 Å². The number of carbonyl (C=O) groups excluding carboxylic acids is 1. The van der Waals surface area contributed by atoms with Gasteiger partial charge in [0, 0.05) is 15.7 Å². The fourth-order valence-corrected chi connectivity index (χ4v) is 2.68. The zero-order valence-corrected chi connectivity index (χ0v) is 14.3. The summed E-state index contributed by atoms with van der Waals surface area (Å²) in [6.07, 6.45) is 0. The summed E-state index contributed by atoms with van der Waals surface area (Å²) < 4.78 is 6.37. The first-order chi connectivity index (χ1) is 10.6. The van der Waals surface area contributed by atoms with Gasteiger partial charge in [-0.2, -0.15) is 0 Å². The quantitative estimate of drug-likeness (QED) is 0.825. The molecule has 2 aromatic rings. The van der Waals surface area contributed by atoms with Gasteiger partial charge in [-0.1, -0.05) is 34.1 Å². The molecule has 1 amide bonds. The van der Waals surface area contributed by atoms with Gasteiger partial charge in [0.05, 0.1) is 14.2 Å². The maximum absolute atomic E-state index is 12.1. The molecule has 0 spiro atoms. The maximum atomic E-state index is 12.1. The monoisotopic (exact) mass is 363 g/mol. The topological polar surface area (TPSA) is 42.8 Å². The van der Waals surface area contributed by atoms with E-state index in [1.807, 2.05) is 55.6 Å². The number of ether oxygens (including phenoxy) is 1. The highest BCUT2D eigenvalue weighted by Gasteiger charge is 2.13. The van der Waals surface area contributed by atoms with E-state index in [-0.39, 0.29) is 5.91 Å². The zero-order chi connectivity index (χ0) is 15.9. The molecule has 4 nitrogen and oxygen atoms in total. The molecule has 0 saturated heterocycles. The minimum Gasteiger partial charge on any atom is -0.496 e. The van der Waals surface area contributed by atoms with Gasteiger partial charge in [-0.15, -0.1) is 0 Å². The van der Waals surface area contributed by atoms with Crippen LogP contribution in [0.4, 0.5) is 5.69 Å². The molecule has 0 radical (unpaired) electrons. The van der Waals surface area contributed by atoms with E-state index >= 15 is 0 Å². The molecule has 0 heterocycles. The third-order valence-corrected chi connectivity index (χ3v) is 3.75. The Hall–Kier alpha value is -1.85. The van der Waals surface area contributed by atoms with E-state index in [9.17, 15) is 4.79 Å². The maximum Gasteiger partial charge on any atom is 0.279 e. The van der Waals surface area contributed by atoms with Gasteiger partial charge in [0.25, 0.3) is 5.91 Å². The Balaban J connectivity index is 1.94. The smallest absolute Gasteiger partial charge is 0.279 e. The van der Waals surface area contributed by atoms with Gasteiger partial charge in [0.15, 0.2) is 6.54 Å². The van der Waals surface area contributed by atoms with Crippen molar-refractivity contribution >= 4 is 27.5 Å². The summed E-state index contributed by atoms with van der Waals surface area (Å²) in [5, 5.41) is 2.90. The molecule has 1 atom stereocenters. The number of carbonyl (C=O) groups is 1. The van der Waals surface area contributed by atoms with Gasteiger partial charge in [-0.25, -0.2) is 0 Å². The largest absolute Gasteiger partial charge is 0.496 e. The van der Waals surface area contributed by atoms with Gasteiger partial charge < -0.3 is 15.0 Å². The number of rotatable bonds is 6. The number of nitrogens with one attached hydrogen (secondary N) is 2. The normalized spacial score (nSPS) is 11.8. The van der Waals surface area contributed by atoms with Crippen molar-refractivity contribution in [2.24, 2.45) is 0 Å². The fourth-order valence-electron chi connectivity index (χ4n) is 2.27. The number of likely N-dealkylation sites (N-methyl/N-ethyl adjacent to an activating group) is 1. The highest BCUT2D eigenvalue weighted by atomic mass is 79.9.